The number of Topliss-reactive ketones (excluding diaryl/α,β-unsaturated/α-hetero) is 2. The third-order valence-electron chi connectivity index (χ3n) is 3.51. The summed E-state index contributed by atoms with van der Waals surface area (Å²) < 4.78 is 25.2. The van der Waals surface area contributed by atoms with Gasteiger partial charge < -0.3 is 9.68 Å². The second kappa shape index (κ2) is 17.3. The number of nitrogens with zero attached hydrogens (tertiary/aromatic N) is 2. The maximum atomic E-state index is 12.6. The minimum atomic E-state index is -3.06. The molecule has 2 rings (SSSR count). The van der Waals surface area contributed by atoms with Crippen molar-refractivity contribution in [1.29, 1.82) is 10.8 Å². The van der Waals surface area contributed by atoms with Gasteiger partial charge in [-0.15, -0.1) is 0 Å². The summed E-state index contributed by atoms with van der Waals surface area (Å²) in [5.74, 6) is -1.74. The van der Waals surface area contributed by atoms with Crippen LogP contribution in [0.25, 0.3) is 0 Å². The van der Waals surface area contributed by atoms with Crippen LogP contribution in [0.4, 0.5) is 8.78 Å². The van der Waals surface area contributed by atoms with Gasteiger partial charge in [-0.2, -0.15) is 0 Å². The first-order chi connectivity index (χ1) is 17.0. The summed E-state index contributed by atoms with van der Waals surface area (Å²) in [7, 11) is 20.0. The van der Waals surface area contributed by atoms with Crippen molar-refractivity contribution in [1.82, 2.24) is 0 Å². The van der Waals surface area contributed by atoms with Gasteiger partial charge in [0.2, 0.25) is 23.4 Å². The number of ketones is 2. The van der Waals surface area contributed by atoms with Gasteiger partial charge in [0.25, 0.3) is 0 Å². The van der Waals surface area contributed by atoms with Gasteiger partial charge in [0.1, 0.15) is 23.1 Å². The van der Waals surface area contributed by atoms with E-state index in [-0.39, 0.29) is 34.8 Å². The zero-order valence-electron chi connectivity index (χ0n) is 19.7. The topological polar surface area (TPSA) is 125 Å². The predicted octanol–water partition coefficient (Wildman–Crippen LogP) is 7.55. The van der Waals surface area contributed by atoms with E-state index >= 15 is 0 Å². The molecule has 0 radical (unpaired) electrons. The van der Waals surface area contributed by atoms with Crippen LogP contribution in [0.5, 0.6) is 0 Å². The molecule has 0 spiro atoms. The van der Waals surface area contributed by atoms with Crippen LogP contribution in [-0.4, -0.2) is 34.8 Å². The van der Waals surface area contributed by atoms with Crippen LogP contribution in [0, 0.1) is 22.5 Å². The zero-order chi connectivity index (χ0) is 28.8. The summed E-state index contributed by atoms with van der Waals surface area (Å²) in [4.78, 5) is 32.4. The van der Waals surface area contributed by atoms with E-state index in [0.29, 0.717) is 11.1 Å². The fraction of sp³-hybridized carbons (Fsp3) is 0.182. The Bertz CT molecular complexity index is 1070. The number of oxime groups is 2. The molecular weight excluding hydrogens is 759 g/mol. The minimum absolute atomic E-state index is 0.105. The molecule has 0 bridgehead atoms. The van der Waals surface area contributed by atoms with Crippen molar-refractivity contribution in [3.8, 4) is 0 Å². The fourth-order valence-corrected chi connectivity index (χ4v) is 1.98. The van der Waals surface area contributed by atoms with Crippen molar-refractivity contribution in [3.05, 3.63) is 71.3 Å². The first-order valence-electron chi connectivity index (χ1n) is 9.63. The molecule has 0 atom stereocenters. The third-order valence-corrected chi connectivity index (χ3v) is 3.51. The van der Waals surface area contributed by atoms with Crippen molar-refractivity contribution in [2.75, 3.05) is 0 Å². The van der Waals surface area contributed by atoms with Crippen LogP contribution >= 0.6 is 37.7 Å². The van der Waals surface area contributed by atoms with Gasteiger partial charge >= 0.3 is 49.6 Å². The van der Waals surface area contributed by atoms with E-state index in [4.69, 9.17) is 48.5 Å². The monoisotopic (exact) mass is 779 g/mol. The van der Waals surface area contributed by atoms with Crippen LogP contribution in [0.3, 0.4) is 0 Å². The molecule has 206 valence electrons. The SMILES string of the molecule is CC(=N)O/N=C(\C)C(=O)c1ccc(F)cc1.CC(=N)O/N=C(\C)C(=O)c1ccc(F)cc1.[Cl][Pt]([Cl])([Cl])[Cl]. The zero-order valence-corrected chi connectivity index (χ0v) is 25.0. The summed E-state index contributed by atoms with van der Waals surface area (Å²) in [6.45, 7) is 5.74. The molecule has 2 N–H and O–H groups in total. The van der Waals surface area contributed by atoms with Crippen molar-refractivity contribution < 1.29 is 39.9 Å². The van der Waals surface area contributed by atoms with Crippen LogP contribution in [0.2, 0.25) is 0 Å². The molecule has 0 unspecified atom stereocenters. The molecule has 0 aliphatic carbocycles. The Balaban J connectivity index is 0.000000594. The molecule has 0 heterocycles. The second-order valence-electron chi connectivity index (χ2n) is 6.59. The summed E-state index contributed by atoms with van der Waals surface area (Å²) in [6, 6.07) is 10.3. The van der Waals surface area contributed by atoms with Gasteiger partial charge in [-0.3, -0.25) is 20.4 Å². The summed E-state index contributed by atoms with van der Waals surface area (Å²) in [5.41, 5.74) is 0.874. The molecule has 0 saturated heterocycles. The Morgan fingerprint density at radius 3 is 1.14 bits per heavy atom. The normalized spacial score (nSPS) is 11.6. The van der Waals surface area contributed by atoms with Crippen molar-refractivity contribution >= 4 is 72.5 Å². The van der Waals surface area contributed by atoms with Crippen molar-refractivity contribution in [3.63, 3.8) is 0 Å². The molecule has 2 aromatic carbocycles. The molecule has 0 aromatic heterocycles. The first-order valence-corrected chi connectivity index (χ1v) is 20.9. The fourth-order valence-electron chi connectivity index (χ4n) is 1.98. The maximum absolute atomic E-state index is 12.6. The average Bonchev–Trinajstić information content (AvgIpc) is 2.80. The Hall–Kier alpha value is -2.23. The number of halogens is 6. The third kappa shape index (κ3) is 17.8. The molecule has 15 heteroatoms. The number of carbonyl (C=O) groups excluding carboxylic acids is 2. The van der Waals surface area contributed by atoms with Gasteiger partial charge in [0.15, 0.2) is 0 Å². The van der Waals surface area contributed by atoms with Crippen LogP contribution in [0.15, 0.2) is 58.8 Å². The van der Waals surface area contributed by atoms with E-state index in [1.54, 1.807) is 0 Å². The van der Waals surface area contributed by atoms with Gasteiger partial charge in [0, 0.05) is 25.0 Å². The van der Waals surface area contributed by atoms with Crippen molar-refractivity contribution in [2.24, 2.45) is 10.3 Å². The number of hydrogen-bond donors (Lipinski definition) is 2. The van der Waals surface area contributed by atoms with Crippen LogP contribution in [-0.2, 0) is 21.6 Å². The van der Waals surface area contributed by atoms with E-state index in [1.165, 1.54) is 76.2 Å². The van der Waals surface area contributed by atoms with Gasteiger partial charge in [-0.05, 0) is 62.4 Å². The van der Waals surface area contributed by atoms with E-state index in [9.17, 15) is 18.4 Å². The van der Waals surface area contributed by atoms with E-state index in [1.807, 2.05) is 0 Å². The van der Waals surface area contributed by atoms with E-state index < -0.39 is 23.5 Å². The Labute approximate surface area is 231 Å². The van der Waals surface area contributed by atoms with Gasteiger partial charge in [-0.25, -0.2) is 8.78 Å². The molecular formula is C22H22Cl4F2N4O4Pt. The number of rotatable bonds is 6. The second-order valence-corrected chi connectivity index (χ2v) is 26.3. The van der Waals surface area contributed by atoms with Gasteiger partial charge in [0.05, 0.1) is 0 Å². The molecule has 37 heavy (non-hydrogen) atoms. The number of benzene rings is 2. The summed E-state index contributed by atoms with van der Waals surface area (Å²) in [5, 5.41) is 20.9. The summed E-state index contributed by atoms with van der Waals surface area (Å²) >= 11 is -3.06. The first kappa shape index (κ1) is 34.8. The Kier molecular flexibility index (Phi) is 16.3. The predicted molar refractivity (Wildman–Crippen MR) is 140 cm³/mol. The standard InChI is InChI=1S/2C11H11FN2O2.4ClH.Pt/c2*1-7(14-16-8(2)13)11(15)9-3-5-10(12)6-4-9;;;;;/h2*3-6,13H,1-2H3;4*1H;/q;;;;;;+4/p-4/b2*13-8?,14-7+;;;;;. The molecule has 0 aliphatic heterocycles. The van der Waals surface area contributed by atoms with E-state index in [2.05, 4.69) is 20.0 Å². The van der Waals surface area contributed by atoms with Crippen LogP contribution in [0.1, 0.15) is 48.4 Å². The molecule has 0 fully saturated rings. The van der Waals surface area contributed by atoms with Crippen molar-refractivity contribution in [2.45, 2.75) is 27.7 Å². The summed E-state index contributed by atoms with van der Waals surface area (Å²) in [6.07, 6.45) is 0. The Morgan fingerprint density at radius 2 is 0.919 bits per heavy atom. The number of nitrogens with one attached hydrogen (secondary N) is 2. The number of hydrogen-bond acceptors (Lipinski definition) is 8. The van der Waals surface area contributed by atoms with E-state index in [0.717, 1.165) is 0 Å². The molecule has 0 saturated carbocycles. The quantitative estimate of drug-likeness (QED) is 0.136. The molecule has 2 aromatic rings. The van der Waals surface area contributed by atoms with Gasteiger partial charge in [-0.1, -0.05) is 10.3 Å². The Morgan fingerprint density at radius 1 is 0.676 bits per heavy atom. The molecule has 0 amide bonds. The van der Waals surface area contributed by atoms with Crippen LogP contribution < -0.4 is 0 Å². The molecule has 8 nitrogen and oxygen atoms in total. The number of carbonyl (C=O) groups is 2. The average molecular weight is 781 g/mol. The molecule has 0 aliphatic rings.